The Bertz CT molecular complexity index is 762. The molecule has 2 aromatic carbocycles. The summed E-state index contributed by atoms with van der Waals surface area (Å²) in [5, 5.41) is 13.9. The van der Waals surface area contributed by atoms with Gasteiger partial charge in [0.05, 0.1) is 13.3 Å². The molecule has 0 aliphatic carbocycles. The fourth-order valence-corrected chi connectivity index (χ4v) is 2.13. The van der Waals surface area contributed by atoms with Crippen LogP contribution in [0.5, 0.6) is 17.2 Å². The molecule has 126 valence electrons. The van der Waals surface area contributed by atoms with Crippen LogP contribution in [0.1, 0.15) is 11.1 Å². The maximum absolute atomic E-state index is 11.7. The van der Waals surface area contributed by atoms with Gasteiger partial charge in [-0.3, -0.25) is 4.79 Å². The van der Waals surface area contributed by atoms with Gasteiger partial charge in [0.1, 0.15) is 5.75 Å². The summed E-state index contributed by atoms with van der Waals surface area (Å²) in [4.78, 5) is 11.7. The number of aromatic hydroxyl groups is 1. The largest absolute Gasteiger partial charge is 0.504 e. The SMILES string of the molecule is COc1cc(/C=N\NC(=O)COc2ccc(Cl)cc2C)ccc1O. The normalized spacial score (nSPS) is 10.6. The van der Waals surface area contributed by atoms with Crippen LogP contribution in [0.25, 0.3) is 0 Å². The summed E-state index contributed by atoms with van der Waals surface area (Å²) in [5.74, 6) is 0.547. The van der Waals surface area contributed by atoms with Crippen LogP contribution in [0.4, 0.5) is 0 Å². The van der Waals surface area contributed by atoms with E-state index in [9.17, 15) is 9.90 Å². The molecular weight excluding hydrogens is 332 g/mol. The number of carbonyl (C=O) groups is 1. The molecule has 0 radical (unpaired) electrons. The van der Waals surface area contributed by atoms with E-state index < -0.39 is 5.91 Å². The van der Waals surface area contributed by atoms with Crippen LogP contribution in [0.15, 0.2) is 41.5 Å². The molecule has 2 aromatic rings. The quantitative estimate of drug-likeness (QED) is 0.621. The minimum atomic E-state index is -0.397. The molecule has 0 bridgehead atoms. The lowest BCUT2D eigenvalue weighted by Crippen LogP contribution is -2.24. The molecular formula is C17H17ClN2O4. The van der Waals surface area contributed by atoms with Gasteiger partial charge < -0.3 is 14.6 Å². The first kappa shape index (κ1) is 17.6. The van der Waals surface area contributed by atoms with Crippen LogP contribution in [-0.2, 0) is 4.79 Å². The van der Waals surface area contributed by atoms with Gasteiger partial charge in [-0.2, -0.15) is 5.10 Å². The minimum absolute atomic E-state index is 0.0328. The molecule has 0 aliphatic rings. The Kier molecular flexibility index (Phi) is 6.03. The summed E-state index contributed by atoms with van der Waals surface area (Å²) in [6.45, 7) is 1.67. The van der Waals surface area contributed by atoms with Crippen LogP contribution in [0.3, 0.4) is 0 Å². The summed E-state index contributed by atoms with van der Waals surface area (Å²) in [6.07, 6.45) is 1.44. The number of ether oxygens (including phenoxy) is 2. The van der Waals surface area contributed by atoms with Crippen molar-refractivity contribution in [2.75, 3.05) is 13.7 Å². The Balaban J connectivity index is 1.86. The third-order valence-electron chi connectivity index (χ3n) is 3.10. The third kappa shape index (κ3) is 4.89. The highest BCUT2D eigenvalue weighted by molar-refractivity contribution is 6.30. The lowest BCUT2D eigenvalue weighted by Gasteiger charge is -2.08. The summed E-state index contributed by atoms with van der Waals surface area (Å²) >= 11 is 5.86. The molecule has 6 nitrogen and oxygen atoms in total. The number of carbonyl (C=O) groups excluding carboxylic acids is 1. The summed E-state index contributed by atoms with van der Waals surface area (Å²) < 4.78 is 10.4. The number of halogens is 1. The number of rotatable bonds is 6. The predicted octanol–water partition coefficient (Wildman–Crippen LogP) is 2.89. The second kappa shape index (κ2) is 8.21. The molecule has 0 atom stereocenters. The number of hydrogen-bond donors (Lipinski definition) is 2. The van der Waals surface area contributed by atoms with Crippen molar-refractivity contribution in [3.63, 3.8) is 0 Å². The Morgan fingerprint density at radius 1 is 1.29 bits per heavy atom. The highest BCUT2D eigenvalue weighted by Crippen LogP contribution is 2.25. The van der Waals surface area contributed by atoms with Gasteiger partial charge in [0.15, 0.2) is 18.1 Å². The summed E-state index contributed by atoms with van der Waals surface area (Å²) in [6, 6.07) is 9.87. The zero-order valence-corrected chi connectivity index (χ0v) is 14.0. The first-order valence-corrected chi connectivity index (χ1v) is 7.45. The first-order valence-electron chi connectivity index (χ1n) is 7.07. The number of amides is 1. The molecule has 0 saturated heterocycles. The van der Waals surface area contributed by atoms with Gasteiger partial charge in [0.2, 0.25) is 0 Å². The molecule has 0 heterocycles. The second-order valence-electron chi connectivity index (χ2n) is 4.92. The maximum atomic E-state index is 11.7. The van der Waals surface area contributed by atoms with E-state index >= 15 is 0 Å². The van der Waals surface area contributed by atoms with Crippen LogP contribution in [-0.4, -0.2) is 30.9 Å². The Morgan fingerprint density at radius 2 is 2.08 bits per heavy atom. The number of phenolic OH excluding ortho intramolecular Hbond substituents is 1. The number of hydrogen-bond acceptors (Lipinski definition) is 5. The van der Waals surface area contributed by atoms with E-state index in [4.69, 9.17) is 21.1 Å². The van der Waals surface area contributed by atoms with Gasteiger partial charge in [-0.15, -0.1) is 0 Å². The number of phenols is 1. The van der Waals surface area contributed by atoms with E-state index in [1.165, 1.54) is 19.4 Å². The molecule has 0 unspecified atom stereocenters. The highest BCUT2D eigenvalue weighted by Gasteiger charge is 2.05. The zero-order valence-electron chi connectivity index (χ0n) is 13.2. The molecule has 2 rings (SSSR count). The monoisotopic (exact) mass is 348 g/mol. The molecule has 0 aromatic heterocycles. The molecule has 0 spiro atoms. The molecule has 0 aliphatic heterocycles. The van der Waals surface area contributed by atoms with Crippen molar-refractivity contribution >= 4 is 23.7 Å². The van der Waals surface area contributed by atoms with Crippen molar-refractivity contribution in [1.29, 1.82) is 0 Å². The number of nitrogens with zero attached hydrogens (tertiary/aromatic N) is 1. The predicted molar refractivity (Wildman–Crippen MR) is 92.1 cm³/mol. The summed E-state index contributed by atoms with van der Waals surface area (Å²) in [7, 11) is 1.45. The Labute approximate surface area is 144 Å². The lowest BCUT2D eigenvalue weighted by atomic mass is 10.2. The van der Waals surface area contributed by atoms with E-state index in [1.807, 2.05) is 6.92 Å². The van der Waals surface area contributed by atoms with Crippen molar-refractivity contribution in [2.45, 2.75) is 6.92 Å². The maximum Gasteiger partial charge on any atom is 0.277 e. The number of benzene rings is 2. The standard InChI is InChI=1S/C17H17ClN2O4/c1-11-7-13(18)4-6-15(11)24-10-17(22)20-19-9-12-3-5-14(21)16(8-12)23-2/h3-9,21H,10H2,1-2H3,(H,20,22)/b19-9-. The van der Waals surface area contributed by atoms with E-state index in [1.54, 1.807) is 30.3 Å². The van der Waals surface area contributed by atoms with Crippen molar-refractivity contribution < 1.29 is 19.4 Å². The number of methoxy groups -OCH3 is 1. The van der Waals surface area contributed by atoms with E-state index in [0.717, 1.165) is 5.56 Å². The molecule has 0 saturated carbocycles. The second-order valence-corrected chi connectivity index (χ2v) is 5.36. The Hall–Kier alpha value is -2.73. The first-order chi connectivity index (χ1) is 11.5. The number of hydrazone groups is 1. The highest BCUT2D eigenvalue weighted by atomic mass is 35.5. The number of aryl methyl sites for hydroxylation is 1. The van der Waals surface area contributed by atoms with Gasteiger partial charge in [-0.25, -0.2) is 5.43 Å². The van der Waals surface area contributed by atoms with Gasteiger partial charge in [-0.05, 0) is 54.4 Å². The third-order valence-corrected chi connectivity index (χ3v) is 3.34. The van der Waals surface area contributed by atoms with Crippen LogP contribution in [0.2, 0.25) is 5.02 Å². The van der Waals surface area contributed by atoms with Crippen molar-refractivity contribution in [2.24, 2.45) is 5.10 Å². The molecule has 2 N–H and O–H groups in total. The topological polar surface area (TPSA) is 80.2 Å². The van der Waals surface area contributed by atoms with Crippen molar-refractivity contribution in [1.82, 2.24) is 5.43 Å². The van der Waals surface area contributed by atoms with E-state index in [2.05, 4.69) is 10.5 Å². The fourth-order valence-electron chi connectivity index (χ4n) is 1.90. The smallest absolute Gasteiger partial charge is 0.277 e. The van der Waals surface area contributed by atoms with E-state index in [0.29, 0.717) is 22.1 Å². The molecule has 0 fully saturated rings. The lowest BCUT2D eigenvalue weighted by molar-refractivity contribution is -0.123. The van der Waals surface area contributed by atoms with Crippen LogP contribution < -0.4 is 14.9 Å². The average molecular weight is 349 g/mol. The molecule has 24 heavy (non-hydrogen) atoms. The zero-order chi connectivity index (χ0) is 17.5. The minimum Gasteiger partial charge on any atom is -0.504 e. The van der Waals surface area contributed by atoms with Gasteiger partial charge >= 0.3 is 0 Å². The summed E-state index contributed by atoms with van der Waals surface area (Å²) in [5.41, 5.74) is 3.87. The van der Waals surface area contributed by atoms with Crippen molar-refractivity contribution in [3.05, 3.63) is 52.5 Å². The molecule has 1 amide bonds. The average Bonchev–Trinajstić information content (AvgIpc) is 2.55. The van der Waals surface area contributed by atoms with Crippen LogP contribution >= 0.6 is 11.6 Å². The van der Waals surface area contributed by atoms with E-state index in [-0.39, 0.29) is 12.4 Å². The van der Waals surface area contributed by atoms with Gasteiger partial charge in [0, 0.05) is 5.02 Å². The van der Waals surface area contributed by atoms with Gasteiger partial charge in [-0.1, -0.05) is 11.6 Å². The fraction of sp³-hybridized carbons (Fsp3) is 0.176. The van der Waals surface area contributed by atoms with Crippen molar-refractivity contribution in [3.8, 4) is 17.2 Å². The molecule has 7 heteroatoms. The van der Waals surface area contributed by atoms with Crippen LogP contribution in [0, 0.1) is 6.92 Å². The number of nitrogens with one attached hydrogen (secondary N) is 1. The van der Waals surface area contributed by atoms with Gasteiger partial charge in [0.25, 0.3) is 5.91 Å². The Morgan fingerprint density at radius 3 is 2.79 bits per heavy atom.